The zero-order chi connectivity index (χ0) is 21.5. The van der Waals surface area contributed by atoms with Gasteiger partial charge in [0.05, 0.1) is 24.4 Å². The number of anilines is 1. The normalized spacial score (nSPS) is 12.0. The summed E-state index contributed by atoms with van der Waals surface area (Å²) < 4.78 is 17.5. The minimum Gasteiger partial charge on any atom is -0.493 e. The molecule has 160 valence electrons. The highest BCUT2D eigenvalue weighted by Gasteiger charge is 2.23. The van der Waals surface area contributed by atoms with Crippen molar-refractivity contribution in [3.8, 4) is 11.5 Å². The molecule has 0 aliphatic rings. The zero-order valence-corrected chi connectivity index (χ0v) is 19.2. The number of benzene rings is 2. The van der Waals surface area contributed by atoms with Crippen molar-refractivity contribution in [3.63, 3.8) is 0 Å². The van der Waals surface area contributed by atoms with Gasteiger partial charge in [0.25, 0.3) is 5.91 Å². The largest absolute Gasteiger partial charge is 0.493 e. The van der Waals surface area contributed by atoms with Crippen molar-refractivity contribution in [2.45, 2.75) is 31.3 Å². The monoisotopic (exact) mass is 446 g/mol. The predicted molar refractivity (Wildman–Crippen MR) is 123 cm³/mol. The fraction of sp³-hybridized carbons (Fsp3) is 0.364. The second-order valence-corrected chi connectivity index (χ2v) is 8.80. The number of aromatic nitrogens is 1. The van der Waals surface area contributed by atoms with Crippen LogP contribution in [0.4, 0.5) is 5.13 Å². The van der Waals surface area contributed by atoms with Crippen molar-refractivity contribution in [3.05, 3.63) is 42.0 Å². The molecule has 1 aromatic heterocycles. The van der Waals surface area contributed by atoms with E-state index >= 15 is 0 Å². The molecule has 1 atom stereocenters. The van der Waals surface area contributed by atoms with Crippen LogP contribution in [0, 0.1) is 0 Å². The first kappa shape index (κ1) is 22.4. The molecule has 8 heteroatoms. The SMILES string of the molecule is CCCOC(C(=O)Nc1nc2cc(OC)c(OC)cc2s1)c1ccc(SCC)cc1. The van der Waals surface area contributed by atoms with Crippen LogP contribution in [0.3, 0.4) is 0 Å². The lowest BCUT2D eigenvalue weighted by molar-refractivity contribution is -0.127. The van der Waals surface area contributed by atoms with E-state index in [4.69, 9.17) is 14.2 Å². The topological polar surface area (TPSA) is 69.7 Å². The van der Waals surface area contributed by atoms with Crippen molar-refractivity contribution in [1.29, 1.82) is 0 Å². The van der Waals surface area contributed by atoms with Gasteiger partial charge in [-0.25, -0.2) is 4.98 Å². The van der Waals surface area contributed by atoms with Crippen LogP contribution in [0.25, 0.3) is 10.2 Å². The van der Waals surface area contributed by atoms with E-state index in [1.807, 2.05) is 37.3 Å². The third-order valence-corrected chi connectivity index (χ3v) is 6.17. The summed E-state index contributed by atoms with van der Waals surface area (Å²) >= 11 is 3.15. The smallest absolute Gasteiger partial charge is 0.259 e. The Balaban J connectivity index is 1.82. The number of amides is 1. The molecule has 0 spiro atoms. The van der Waals surface area contributed by atoms with Gasteiger partial charge in [0, 0.05) is 23.6 Å². The van der Waals surface area contributed by atoms with Crippen LogP contribution in [0.1, 0.15) is 31.9 Å². The maximum Gasteiger partial charge on any atom is 0.259 e. The molecule has 3 aromatic rings. The number of thiazole rings is 1. The van der Waals surface area contributed by atoms with Crippen molar-refractivity contribution in [2.24, 2.45) is 0 Å². The van der Waals surface area contributed by atoms with Crippen LogP contribution in [0.15, 0.2) is 41.3 Å². The van der Waals surface area contributed by atoms with Crippen molar-refractivity contribution < 1.29 is 19.0 Å². The number of methoxy groups -OCH3 is 2. The number of nitrogens with one attached hydrogen (secondary N) is 1. The molecular weight excluding hydrogens is 420 g/mol. The van der Waals surface area contributed by atoms with Gasteiger partial charge in [0.2, 0.25) is 0 Å². The Morgan fingerprint density at radius 1 is 1.13 bits per heavy atom. The molecule has 1 heterocycles. The number of carbonyl (C=O) groups excluding carboxylic acids is 1. The minimum absolute atomic E-state index is 0.239. The number of hydrogen-bond acceptors (Lipinski definition) is 7. The highest BCUT2D eigenvalue weighted by atomic mass is 32.2. The average molecular weight is 447 g/mol. The molecule has 2 aromatic carbocycles. The zero-order valence-electron chi connectivity index (χ0n) is 17.6. The predicted octanol–water partition coefficient (Wildman–Crippen LogP) is 5.53. The van der Waals surface area contributed by atoms with Crippen molar-refractivity contribution in [2.75, 3.05) is 31.9 Å². The van der Waals surface area contributed by atoms with E-state index in [9.17, 15) is 4.79 Å². The number of ether oxygens (including phenoxy) is 3. The maximum absolute atomic E-state index is 13.0. The van der Waals surface area contributed by atoms with Crippen LogP contribution in [-0.2, 0) is 9.53 Å². The van der Waals surface area contributed by atoms with E-state index in [2.05, 4.69) is 17.2 Å². The molecule has 0 bridgehead atoms. The highest BCUT2D eigenvalue weighted by molar-refractivity contribution is 7.99. The molecule has 0 fully saturated rings. The lowest BCUT2D eigenvalue weighted by Crippen LogP contribution is -2.23. The number of thioether (sulfide) groups is 1. The van der Waals surface area contributed by atoms with E-state index in [1.54, 1.807) is 32.0 Å². The maximum atomic E-state index is 13.0. The molecule has 0 saturated heterocycles. The Morgan fingerprint density at radius 2 is 1.83 bits per heavy atom. The second kappa shape index (κ2) is 10.7. The minimum atomic E-state index is -0.693. The molecule has 3 rings (SSSR count). The third-order valence-electron chi connectivity index (χ3n) is 4.34. The van der Waals surface area contributed by atoms with Gasteiger partial charge in [-0.3, -0.25) is 10.1 Å². The summed E-state index contributed by atoms with van der Waals surface area (Å²) in [5.74, 6) is 1.99. The van der Waals surface area contributed by atoms with Crippen molar-refractivity contribution >= 4 is 44.4 Å². The summed E-state index contributed by atoms with van der Waals surface area (Å²) in [6.45, 7) is 4.63. The lowest BCUT2D eigenvalue weighted by atomic mass is 10.1. The molecule has 0 aliphatic carbocycles. The molecule has 30 heavy (non-hydrogen) atoms. The van der Waals surface area contributed by atoms with Crippen LogP contribution in [-0.4, -0.2) is 37.5 Å². The fourth-order valence-electron chi connectivity index (χ4n) is 2.94. The van der Waals surface area contributed by atoms with E-state index in [1.165, 1.54) is 16.2 Å². The summed E-state index contributed by atoms with van der Waals surface area (Å²) in [7, 11) is 3.17. The van der Waals surface area contributed by atoms with E-state index in [0.29, 0.717) is 23.2 Å². The van der Waals surface area contributed by atoms with Gasteiger partial charge in [-0.2, -0.15) is 0 Å². The van der Waals surface area contributed by atoms with Crippen LogP contribution in [0.2, 0.25) is 0 Å². The third kappa shape index (κ3) is 5.24. The molecule has 0 radical (unpaired) electrons. The fourth-order valence-corrected chi connectivity index (χ4v) is 4.48. The summed E-state index contributed by atoms with van der Waals surface area (Å²) in [5.41, 5.74) is 1.56. The molecule has 1 N–H and O–H groups in total. The first-order valence-electron chi connectivity index (χ1n) is 9.77. The Labute approximate surface area is 184 Å². The molecule has 1 amide bonds. The first-order chi connectivity index (χ1) is 14.6. The van der Waals surface area contributed by atoms with Gasteiger partial charge < -0.3 is 14.2 Å². The molecule has 0 aliphatic heterocycles. The number of carbonyl (C=O) groups is 1. The molecule has 1 unspecified atom stereocenters. The average Bonchev–Trinajstić information content (AvgIpc) is 3.15. The number of fused-ring (bicyclic) bond motifs is 1. The van der Waals surface area contributed by atoms with Gasteiger partial charge in [-0.05, 0) is 29.9 Å². The lowest BCUT2D eigenvalue weighted by Gasteiger charge is -2.17. The quantitative estimate of drug-likeness (QED) is 0.413. The molecule has 0 saturated carbocycles. The number of hydrogen-bond donors (Lipinski definition) is 1. The van der Waals surface area contributed by atoms with Gasteiger partial charge in [0.1, 0.15) is 0 Å². The standard InChI is InChI=1S/C22H26N2O4S2/c1-5-11-28-20(14-7-9-15(10-8-14)29-6-2)21(25)24-22-23-16-12-17(26-3)18(27-4)13-19(16)30-22/h7-10,12-13,20H,5-6,11H2,1-4H3,(H,23,24,25). The molecule has 6 nitrogen and oxygen atoms in total. The van der Waals surface area contributed by atoms with Crippen molar-refractivity contribution in [1.82, 2.24) is 4.98 Å². The van der Waals surface area contributed by atoms with Gasteiger partial charge >= 0.3 is 0 Å². The summed E-state index contributed by atoms with van der Waals surface area (Å²) in [5, 5.41) is 3.42. The van der Waals surface area contributed by atoms with Crippen LogP contribution < -0.4 is 14.8 Å². The summed E-state index contributed by atoms with van der Waals surface area (Å²) in [6, 6.07) is 11.6. The van der Waals surface area contributed by atoms with E-state index < -0.39 is 6.10 Å². The van der Waals surface area contributed by atoms with E-state index in [0.717, 1.165) is 28.0 Å². The summed E-state index contributed by atoms with van der Waals surface area (Å²) in [4.78, 5) is 18.7. The Bertz CT molecular complexity index is 948. The van der Waals surface area contributed by atoms with Gasteiger partial charge in [0.15, 0.2) is 22.7 Å². The first-order valence-corrected chi connectivity index (χ1v) is 11.6. The Hall–Kier alpha value is -2.29. The van der Waals surface area contributed by atoms with E-state index in [-0.39, 0.29) is 5.91 Å². The highest BCUT2D eigenvalue weighted by Crippen LogP contribution is 2.36. The molecular formula is C22H26N2O4S2. The Morgan fingerprint density at radius 3 is 2.47 bits per heavy atom. The number of nitrogens with zero attached hydrogens (tertiary/aromatic N) is 1. The van der Waals surface area contributed by atoms with Gasteiger partial charge in [-0.1, -0.05) is 37.3 Å². The van der Waals surface area contributed by atoms with Crippen LogP contribution in [0.5, 0.6) is 11.5 Å². The van der Waals surface area contributed by atoms with Gasteiger partial charge in [-0.15, -0.1) is 11.8 Å². The summed E-state index contributed by atoms with van der Waals surface area (Å²) in [6.07, 6.45) is 0.135. The Kier molecular flexibility index (Phi) is 7.95. The second-order valence-electron chi connectivity index (χ2n) is 6.44. The number of rotatable bonds is 10. The van der Waals surface area contributed by atoms with Crippen LogP contribution >= 0.6 is 23.1 Å².